The van der Waals surface area contributed by atoms with Gasteiger partial charge in [0.1, 0.15) is 11.5 Å². The summed E-state index contributed by atoms with van der Waals surface area (Å²) in [6.07, 6.45) is 0. The van der Waals surface area contributed by atoms with Crippen LogP contribution in [0.15, 0.2) is 54.6 Å². The van der Waals surface area contributed by atoms with E-state index in [9.17, 15) is 23.2 Å². The van der Waals surface area contributed by atoms with Gasteiger partial charge in [-0.3, -0.25) is 4.55 Å². The van der Waals surface area contributed by atoms with E-state index >= 15 is 0 Å². The summed E-state index contributed by atoms with van der Waals surface area (Å²) in [7, 11) is -5.13. The van der Waals surface area contributed by atoms with E-state index in [0.29, 0.717) is 5.02 Å². The SMILES string of the molecule is O=S(=O)(O)C(c1ccc(Cl)cc1)(c1cccc(Cl)c1O)c1cc(Cl)cc(Cl)c1O. The van der Waals surface area contributed by atoms with E-state index in [1.54, 1.807) is 0 Å². The van der Waals surface area contributed by atoms with Gasteiger partial charge in [-0.25, -0.2) is 0 Å². The third-order valence-electron chi connectivity index (χ3n) is 4.41. The van der Waals surface area contributed by atoms with Gasteiger partial charge in [-0.15, -0.1) is 0 Å². The van der Waals surface area contributed by atoms with Crippen LogP contribution in [0.2, 0.25) is 20.1 Å². The zero-order chi connectivity index (χ0) is 21.6. The van der Waals surface area contributed by atoms with Crippen molar-refractivity contribution in [1.29, 1.82) is 0 Å². The van der Waals surface area contributed by atoms with Gasteiger partial charge in [0.05, 0.1) is 10.0 Å². The molecule has 0 aliphatic heterocycles. The van der Waals surface area contributed by atoms with Crippen molar-refractivity contribution in [2.24, 2.45) is 0 Å². The van der Waals surface area contributed by atoms with Gasteiger partial charge < -0.3 is 10.2 Å². The number of hydrogen-bond acceptors (Lipinski definition) is 4. The lowest BCUT2D eigenvalue weighted by Crippen LogP contribution is -2.38. The average Bonchev–Trinajstić information content (AvgIpc) is 2.63. The Kier molecular flexibility index (Phi) is 5.98. The van der Waals surface area contributed by atoms with Crippen molar-refractivity contribution in [3.8, 4) is 11.5 Å². The number of phenols is 2. The molecule has 0 aromatic heterocycles. The molecule has 0 saturated carbocycles. The van der Waals surface area contributed by atoms with Crippen LogP contribution in [0.4, 0.5) is 0 Å². The van der Waals surface area contributed by atoms with Gasteiger partial charge in [0.25, 0.3) is 10.1 Å². The second kappa shape index (κ2) is 7.87. The van der Waals surface area contributed by atoms with Crippen LogP contribution in [0, 0.1) is 0 Å². The summed E-state index contributed by atoms with van der Waals surface area (Å²) in [5.41, 5.74) is -0.739. The number of aromatic hydroxyl groups is 2. The highest BCUT2D eigenvalue weighted by Crippen LogP contribution is 2.52. The normalized spacial score (nSPS) is 13.8. The Morgan fingerprint density at radius 1 is 0.724 bits per heavy atom. The van der Waals surface area contributed by atoms with Crippen molar-refractivity contribution in [3.63, 3.8) is 0 Å². The van der Waals surface area contributed by atoms with Crippen LogP contribution in [-0.4, -0.2) is 23.2 Å². The first-order valence-electron chi connectivity index (χ1n) is 7.89. The Morgan fingerprint density at radius 3 is 1.90 bits per heavy atom. The maximum atomic E-state index is 12.9. The smallest absolute Gasteiger partial charge is 0.283 e. The Hall–Kier alpha value is -1.67. The molecule has 0 aliphatic carbocycles. The van der Waals surface area contributed by atoms with Crippen LogP contribution < -0.4 is 0 Å². The molecule has 0 bridgehead atoms. The van der Waals surface area contributed by atoms with Crippen molar-refractivity contribution in [3.05, 3.63) is 91.4 Å². The van der Waals surface area contributed by atoms with Crippen LogP contribution >= 0.6 is 46.4 Å². The molecule has 0 radical (unpaired) electrons. The lowest BCUT2D eigenvalue weighted by atomic mass is 9.83. The first-order valence-corrected chi connectivity index (χ1v) is 10.8. The van der Waals surface area contributed by atoms with Crippen molar-refractivity contribution in [2.45, 2.75) is 4.75 Å². The van der Waals surface area contributed by atoms with Crippen LogP contribution in [-0.2, 0) is 14.9 Å². The molecule has 0 aliphatic rings. The molecule has 29 heavy (non-hydrogen) atoms. The molecule has 3 rings (SSSR count). The molecule has 0 fully saturated rings. The Balaban J connectivity index is 2.63. The number of para-hydroxylation sites is 1. The minimum atomic E-state index is -5.13. The third kappa shape index (κ3) is 3.65. The molecule has 0 heterocycles. The van der Waals surface area contributed by atoms with Crippen molar-refractivity contribution in [1.82, 2.24) is 0 Å². The molecule has 1 atom stereocenters. The average molecular weight is 494 g/mol. The number of rotatable bonds is 4. The van der Waals surface area contributed by atoms with Crippen molar-refractivity contribution < 1.29 is 23.2 Å². The monoisotopic (exact) mass is 492 g/mol. The summed E-state index contributed by atoms with van der Waals surface area (Å²) in [4.78, 5) is 0. The van der Waals surface area contributed by atoms with E-state index in [0.717, 1.165) is 6.07 Å². The fourth-order valence-electron chi connectivity index (χ4n) is 3.20. The molecule has 152 valence electrons. The van der Waals surface area contributed by atoms with Crippen LogP contribution in [0.3, 0.4) is 0 Å². The van der Waals surface area contributed by atoms with E-state index in [-0.39, 0.29) is 31.8 Å². The summed E-state index contributed by atoms with van der Waals surface area (Å²) in [6.45, 7) is 0. The summed E-state index contributed by atoms with van der Waals surface area (Å²) in [5.74, 6) is -1.26. The third-order valence-corrected chi connectivity index (χ3v) is 6.92. The van der Waals surface area contributed by atoms with E-state index in [1.807, 2.05) is 0 Å². The predicted octanol–water partition coefficient (Wildman–Crippen LogP) is 5.89. The lowest BCUT2D eigenvalue weighted by Gasteiger charge is -2.33. The maximum absolute atomic E-state index is 12.9. The Labute approximate surface area is 186 Å². The van der Waals surface area contributed by atoms with Gasteiger partial charge in [0.2, 0.25) is 0 Å². The maximum Gasteiger partial charge on any atom is 0.283 e. The lowest BCUT2D eigenvalue weighted by molar-refractivity contribution is 0.428. The molecular formula is C19H12Cl4O5S. The highest BCUT2D eigenvalue weighted by Gasteiger charge is 2.52. The van der Waals surface area contributed by atoms with Crippen molar-refractivity contribution in [2.75, 3.05) is 0 Å². The second-order valence-corrected chi connectivity index (χ2v) is 9.33. The number of phenolic OH excluding ortho intramolecular Hbond substituents is 2. The minimum Gasteiger partial charge on any atom is -0.506 e. The summed E-state index contributed by atoms with van der Waals surface area (Å²) in [5, 5.41) is 21.1. The fraction of sp³-hybridized carbons (Fsp3) is 0.0526. The Bertz CT molecular complexity index is 1200. The summed E-state index contributed by atoms with van der Waals surface area (Å²) >= 11 is 24.0. The number of hydrogen-bond donors (Lipinski definition) is 3. The molecule has 3 aromatic rings. The van der Waals surface area contributed by atoms with Crippen molar-refractivity contribution >= 4 is 56.5 Å². The van der Waals surface area contributed by atoms with Gasteiger partial charge in [0, 0.05) is 21.2 Å². The Morgan fingerprint density at radius 2 is 1.31 bits per heavy atom. The van der Waals surface area contributed by atoms with Gasteiger partial charge in [0.15, 0.2) is 4.75 Å². The number of halogens is 4. The molecule has 10 heteroatoms. The largest absolute Gasteiger partial charge is 0.506 e. The zero-order valence-electron chi connectivity index (χ0n) is 14.3. The quantitative estimate of drug-likeness (QED) is 0.311. The van der Waals surface area contributed by atoms with Gasteiger partial charge >= 0.3 is 0 Å². The molecule has 0 saturated heterocycles. The van der Waals surface area contributed by atoms with Crippen LogP contribution in [0.25, 0.3) is 0 Å². The summed E-state index contributed by atoms with van der Waals surface area (Å²) < 4.78 is 33.8. The predicted molar refractivity (Wildman–Crippen MR) is 114 cm³/mol. The van der Waals surface area contributed by atoms with Gasteiger partial charge in [-0.1, -0.05) is 70.7 Å². The first kappa shape index (κ1) is 22.0. The van der Waals surface area contributed by atoms with Gasteiger partial charge in [-0.05, 0) is 35.9 Å². The zero-order valence-corrected chi connectivity index (χ0v) is 18.1. The molecule has 1 unspecified atom stereocenters. The van der Waals surface area contributed by atoms with E-state index < -0.39 is 26.4 Å². The van der Waals surface area contributed by atoms with Crippen LogP contribution in [0.5, 0.6) is 11.5 Å². The molecule has 3 aromatic carbocycles. The highest BCUT2D eigenvalue weighted by molar-refractivity contribution is 7.87. The van der Waals surface area contributed by atoms with E-state index in [1.165, 1.54) is 48.5 Å². The molecule has 3 N–H and O–H groups in total. The highest BCUT2D eigenvalue weighted by atomic mass is 35.5. The van der Waals surface area contributed by atoms with E-state index in [2.05, 4.69) is 0 Å². The first-order chi connectivity index (χ1) is 13.5. The molecule has 0 amide bonds. The topological polar surface area (TPSA) is 94.8 Å². The fourth-order valence-corrected chi connectivity index (χ4v) is 5.31. The standard InChI is InChI=1S/C19H12Cl4O5S/c20-11-6-4-10(5-7-11)19(29(26,27)28,13-2-1-3-15(22)17(13)24)14-8-12(21)9-16(23)18(14)25/h1-9,24-25H,(H,26,27,28). The number of benzene rings is 3. The molecule has 0 spiro atoms. The minimum absolute atomic E-state index is 0.00805. The molecular weight excluding hydrogens is 482 g/mol. The van der Waals surface area contributed by atoms with Gasteiger partial charge in [-0.2, -0.15) is 8.42 Å². The molecule has 5 nitrogen and oxygen atoms in total. The van der Waals surface area contributed by atoms with Crippen LogP contribution in [0.1, 0.15) is 16.7 Å². The summed E-state index contributed by atoms with van der Waals surface area (Å²) in [6, 6.07) is 11.7. The van der Waals surface area contributed by atoms with E-state index in [4.69, 9.17) is 46.4 Å². The second-order valence-electron chi connectivity index (χ2n) is 6.08.